The molecule has 5 heterocycles. The van der Waals surface area contributed by atoms with Gasteiger partial charge >= 0.3 is 12.1 Å². The number of aliphatic hydroxyl groups excluding tert-OH is 1. The minimum absolute atomic E-state index is 0.0478. The lowest BCUT2D eigenvalue weighted by molar-refractivity contribution is -0.301. The third-order valence-electron chi connectivity index (χ3n) is 11.4. The van der Waals surface area contributed by atoms with Crippen LogP contribution in [0, 0.1) is 23.2 Å². The summed E-state index contributed by atoms with van der Waals surface area (Å²) in [6.45, 7) is 17.7. The Balaban J connectivity index is 1.82. The van der Waals surface area contributed by atoms with Crippen molar-refractivity contribution in [2.75, 3.05) is 27.2 Å². The average molecular weight is 654 g/mol. The van der Waals surface area contributed by atoms with Crippen molar-refractivity contribution in [1.82, 2.24) is 15.5 Å². The summed E-state index contributed by atoms with van der Waals surface area (Å²) in [5.74, 6) is -2.23. The zero-order valence-electron chi connectivity index (χ0n) is 29.8. The largest absolute Gasteiger partial charge is 0.457 e. The van der Waals surface area contributed by atoms with Crippen LogP contribution >= 0.6 is 0 Å². The quantitative estimate of drug-likeness (QED) is 0.298. The average Bonchev–Trinajstić information content (AvgIpc) is 3.31. The molecule has 12 nitrogen and oxygen atoms in total. The summed E-state index contributed by atoms with van der Waals surface area (Å²) >= 11 is 0. The maximum Gasteiger partial charge on any atom is 0.408 e. The smallest absolute Gasteiger partial charge is 0.408 e. The second kappa shape index (κ2) is 14.0. The van der Waals surface area contributed by atoms with Gasteiger partial charge < -0.3 is 44.3 Å². The van der Waals surface area contributed by atoms with Crippen LogP contribution in [0.1, 0.15) is 88.0 Å². The van der Waals surface area contributed by atoms with Crippen molar-refractivity contribution in [3.05, 3.63) is 0 Å². The Bertz CT molecular complexity index is 1120. The van der Waals surface area contributed by atoms with Crippen LogP contribution in [0.3, 0.4) is 0 Å². The highest BCUT2D eigenvalue weighted by molar-refractivity contribution is 6.05. The van der Waals surface area contributed by atoms with E-state index in [2.05, 4.69) is 17.6 Å². The molecule has 0 radical (unpaired) electrons. The van der Waals surface area contributed by atoms with Crippen LogP contribution in [0.25, 0.3) is 0 Å². The summed E-state index contributed by atoms with van der Waals surface area (Å²) in [7, 11) is 3.83. The Hall–Kier alpha value is -1.83. The summed E-state index contributed by atoms with van der Waals surface area (Å²) in [4.78, 5) is 43.8. The number of rotatable bonds is 5. The molecular weight excluding hydrogens is 594 g/mol. The SMILES string of the molecule is CC[C@H]1CO[C@@]2(C)C[C@@H](C)CN[C@H](C)[C@H]3NC(=O)O[C@]3(C)[C@@H](CC)OC(=O)C1(C)C(=O)[C@H](C)[C@H]2OC1OC(C)CC(N(C)C)C1O. The van der Waals surface area contributed by atoms with Crippen LogP contribution in [0.4, 0.5) is 4.79 Å². The van der Waals surface area contributed by atoms with Crippen LogP contribution in [0.2, 0.25) is 0 Å². The lowest BCUT2D eigenvalue weighted by atomic mass is 9.65. The number of alkyl carbamates (subject to hydrolysis) is 1. The zero-order chi connectivity index (χ0) is 34.4. The molecule has 264 valence electrons. The molecule has 0 aromatic carbocycles. The molecule has 0 aromatic heterocycles. The monoisotopic (exact) mass is 653 g/mol. The van der Waals surface area contributed by atoms with Crippen LogP contribution in [0.15, 0.2) is 0 Å². The molecule has 46 heavy (non-hydrogen) atoms. The first-order valence-electron chi connectivity index (χ1n) is 17.2. The van der Waals surface area contributed by atoms with E-state index in [0.29, 0.717) is 32.2 Å². The van der Waals surface area contributed by atoms with Gasteiger partial charge in [-0.25, -0.2) is 4.79 Å². The van der Waals surface area contributed by atoms with Crippen molar-refractivity contribution in [2.45, 2.75) is 148 Å². The second-order valence-corrected chi connectivity index (χ2v) is 15.2. The molecule has 5 aliphatic rings. The first-order valence-corrected chi connectivity index (χ1v) is 17.2. The third kappa shape index (κ3) is 6.72. The minimum atomic E-state index is -1.58. The van der Waals surface area contributed by atoms with Crippen molar-refractivity contribution in [3.8, 4) is 0 Å². The van der Waals surface area contributed by atoms with E-state index < -0.39 is 71.2 Å². The molecule has 5 fully saturated rings. The molecule has 12 heteroatoms. The molecule has 0 aromatic rings. The van der Waals surface area contributed by atoms with Crippen molar-refractivity contribution in [2.24, 2.45) is 23.2 Å². The first-order chi connectivity index (χ1) is 21.4. The summed E-state index contributed by atoms with van der Waals surface area (Å²) in [6.07, 6.45) is -2.35. The summed E-state index contributed by atoms with van der Waals surface area (Å²) in [6, 6.07) is -0.920. The highest BCUT2D eigenvalue weighted by atomic mass is 16.7. The Morgan fingerprint density at radius 1 is 1.04 bits per heavy atom. The summed E-state index contributed by atoms with van der Waals surface area (Å²) in [5.41, 5.74) is -3.71. The van der Waals surface area contributed by atoms with Crippen LogP contribution in [-0.2, 0) is 33.3 Å². The molecule has 5 rings (SSSR count). The normalized spacial score (nSPS) is 47.7. The second-order valence-electron chi connectivity index (χ2n) is 15.2. The van der Waals surface area contributed by atoms with Gasteiger partial charge in [-0.1, -0.05) is 27.7 Å². The van der Waals surface area contributed by atoms with E-state index in [9.17, 15) is 19.5 Å². The number of aliphatic hydroxyl groups is 1. The number of likely N-dealkylation sites (N-methyl/N-ethyl adjacent to an activating group) is 1. The third-order valence-corrected chi connectivity index (χ3v) is 11.4. The van der Waals surface area contributed by atoms with Gasteiger partial charge in [0, 0.05) is 23.9 Å². The topological polar surface area (TPSA) is 145 Å². The zero-order valence-corrected chi connectivity index (χ0v) is 29.8. The van der Waals surface area contributed by atoms with Crippen molar-refractivity contribution in [1.29, 1.82) is 0 Å². The van der Waals surface area contributed by atoms with E-state index in [1.54, 1.807) is 20.8 Å². The lowest BCUT2D eigenvalue weighted by Crippen LogP contribution is -2.63. The number of fused-ring (bicyclic) bond motifs is 10. The number of ether oxygens (including phenoxy) is 5. The van der Waals surface area contributed by atoms with Gasteiger partial charge in [-0.3, -0.25) is 9.59 Å². The van der Waals surface area contributed by atoms with Gasteiger partial charge in [-0.2, -0.15) is 0 Å². The van der Waals surface area contributed by atoms with Gasteiger partial charge in [0.05, 0.1) is 30.5 Å². The Morgan fingerprint density at radius 3 is 2.33 bits per heavy atom. The number of hydrogen-bond donors (Lipinski definition) is 3. The number of carbonyl (C=O) groups is 3. The standard InChI is InChI=1S/C34H59N3O9/c1-12-22-17-42-32(7)15-18(3)16-35-21(6)26-34(9,46-31(41)36-26)24(13-2)44-30(40)33(22,8)27(39)20(5)28(32)45-29-25(38)23(37(10)11)14-19(4)43-29/h18-26,28-29,35,38H,12-17H2,1-11H3,(H,36,41)/t18-,19?,20+,21-,22+,23?,24-,25?,26-,28-,29?,32+,33?,34-/m1/s1. The Kier molecular flexibility index (Phi) is 11.2. The van der Waals surface area contributed by atoms with E-state index in [1.807, 2.05) is 53.6 Å². The Labute approximate surface area is 274 Å². The maximum absolute atomic E-state index is 14.8. The highest BCUT2D eigenvalue weighted by Crippen LogP contribution is 2.46. The number of nitrogens with zero attached hydrogens (tertiary/aromatic N) is 1. The van der Waals surface area contributed by atoms with E-state index in [-0.39, 0.29) is 36.5 Å². The minimum Gasteiger partial charge on any atom is -0.457 e. The van der Waals surface area contributed by atoms with Gasteiger partial charge in [-0.05, 0) is 86.9 Å². The molecular formula is C34H59N3O9. The molecule has 2 bridgehead atoms. The molecule has 5 saturated heterocycles. The van der Waals surface area contributed by atoms with Crippen molar-refractivity contribution in [3.63, 3.8) is 0 Å². The molecule has 14 atom stereocenters. The van der Waals surface area contributed by atoms with Gasteiger partial charge in [-0.15, -0.1) is 0 Å². The van der Waals surface area contributed by atoms with Gasteiger partial charge in [0.25, 0.3) is 0 Å². The van der Waals surface area contributed by atoms with E-state index in [1.165, 1.54) is 0 Å². The van der Waals surface area contributed by atoms with E-state index in [0.717, 1.165) is 0 Å². The number of Topliss-reactive ketones (excluding diaryl/α,β-unsaturated/α-hetero) is 1. The number of carbonyl (C=O) groups excluding carboxylic acids is 3. The number of ketones is 1. The Morgan fingerprint density at radius 2 is 1.72 bits per heavy atom. The maximum atomic E-state index is 14.8. The molecule has 1 amide bonds. The number of amides is 1. The van der Waals surface area contributed by atoms with Gasteiger partial charge in [0.2, 0.25) is 0 Å². The predicted molar refractivity (Wildman–Crippen MR) is 171 cm³/mol. The molecule has 0 spiro atoms. The first kappa shape index (κ1) is 37.0. The molecule has 0 aliphatic carbocycles. The fourth-order valence-corrected chi connectivity index (χ4v) is 8.49. The summed E-state index contributed by atoms with van der Waals surface area (Å²) < 4.78 is 31.8. The van der Waals surface area contributed by atoms with Crippen LogP contribution < -0.4 is 10.6 Å². The van der Waals surface area contributed by atoms with Crippen molar-refractivity contribution < 1.29 is 43.2 Å². The fraction of sp³-hybridized carbons (Fsp3) is 0.912. The lowest BCUT2D eigenvalue weighted by Gasteiger charge is -2.50. The number of hydrogen-bond acceptors (Lipinski definition) is 11. The van der Waals surface area contributed by atoms with Crippen LogP contribution in [0.5, 0.6) is 0 Å². The molecule has 5 aliphatic heterocycles. The van der Waals surface area contributed by atoms with E-state index >= 15 is 0 Å². The van der Waals surface area contributed by atoms with E-state index in [4.69, 9.17) is 23.7 Å². The number of nitrogens with one attached hydrogen (secondary N) is 2. The summed E-state index contributed by atoms with van der Waals surface area (Å²) in [5, 5.41) is 17.9. The van der Waals surface area contributed by atoms with Gasteiger partial charge in [0.1, 0.15) is 17.6 Å². The highest BCUT2D eigenvalue weighted by Gasteiger charge is 2.60. The molecule has 5 unspecified atom stereocenters. The predicted octanol–water partition coefficient (Wildman–Crippen LogP) is 3.03. The van der Waals surface area contributed by atoms with Crippen molar-refractivity contribution >= 4 is 17.8 Å². The van der Waals surface area contributed by atoms with Gasteiger partial charge in [0.15, 0.2) is 17.7 Å². The fourth-order valence-electron chi connectivity index (χ4n) is 8.49. The molecule has 0 saturated carbocycles. The van der Waals surface area contributed by atoms with Crippen LogP contribution in [-0.4, -0.2) is 115 Å². The number of esters is 1. The molecule has 3 N–H and O–H groups in total.